The van der Waals surface area contributed by atoms with Crippen LogP contribution in [-0.2, 0) is 0 Å². The largest absolute Gasteiger partial charge is 0.391 e. The first-order valence-electron chi connectivity index (χ1n) is 6.40. The van der Waals surface area contributed by atoms with E-state index >= 15 is 0 Å². The van der Waals surface area contributed by atoms with Crippen LogP contribution in [0.1, 0.15) is 31.9 Å². The second-order valence-electron chi connectivity index (χ2n) is 5.13. The van der Waals surface area contributed by atoms with Gasteiger partial charge in [-0.05, 0) is 31.4 Å². The Kier molecular flexibility index (Phi) is 3.88. The number of halogens is 1. The van der Waals surface area contributed by atoms with Crippen LogP contribution < -0.4 is 4.90 Å². The minimum Gasteiger partial charge on any atom is -0.391 e. The van der Waals surface area contributed by atoms with Crippen molar-refractivity contribution in [3.63, 3.8) is 0 Å². The molecule has 1 aromatic carbocycles. The van der Waals surface area contributed by atoms with Gasteiger partial charge in [0.05, 0.1) is 12.2 Å². The first-order chi connectivity index (χ1) is 8.50. The summed E-state index contributed by atoms with van der Waals surface area (Å²) in [4.78, 5) is 1.95. The van der Waals surface area contributed by atoms with Crippen LogP contribution in [0.15, 0.2) is 18.2 Å². The third-order valence-electron chi connectivity index (χ3n) is 3.71. The van der Waals surface area contributed by atoms with Gasteiger partial charge in [0.2, 0.25) is 0 Å². The van der Waals surface area contributed by atoms with Crippen LogP contribution >= 0.6 is 0 Å². The van der Waals surface area contributed by atoms with E-state index in [4.69, 9.17) is 0 Å². The fourth-order valence-corrected chi connectivity index (χ4v) is 2.48. The molecule has 1 aromatic rings. The van der Waals surface area contributed by atoms with E-state index in [1.807, 2.05) is 11.8 Å². The quantitative estimate of drug-likeness (QED) is 0.848. The van der Waals surface area contributed by atoms with Crippen LogP contribution in [0.5, 0.6) is 0 Å². The Bertz CT molecular complexity index is 422. The fraction of sp³-hybridized carbons (Fsp3) is 0.571. The molecule has 3 unspecified atom stereocenters. The molecule has 1 saturated heterocycles. The summed E-state index contributed by atoms with van der Waals surface area (Å²) >= 11 is 0. The smallest absolute Gasteiger partial charge is 0.131 e. The van der Waals surface area contributed by atoms with E-state index in [-0.39, 0.29) is 5.92 Å². The maximum absolute atomic E-state index is 13.8. The molecule has 1 fully saturated rings. The summed E-state index contributed by atoms with van der Waals surface area (Å²) in [5.74, 6) is -0.125. The summed E-state index contributed by atoms with van der Waals surface area (Å²) < 4.78 is 13.8. The summed E-state index contributed by atoms with van der Waals surface area (Å²) in [5, 5.41) is 19.6. The number of anilines is 1. The lowest BCUT2D eigenvalue weighted by Gasteiger charge is -2.37. The van der Waals surface area contributed by atoms with Crippen molar-refractivity contribution in [2.45, 2.75) is 32.5 Å². The zero-order valence-electron chi connectivity index (χ0n) is 10.8. The summed E-state index contributed by atoms with van der Waals surface area (Å²) in [6.45, 7) is 4.85. The van der Waals surface area contributed by atoms with Crippen LogP contribution in [0, 0.1) is 11.7 Å². The molecule has 1 heterocycles. The Labute approximate surface area is 107 Å². The standard InChI is InChI=1S/C14H20FNO2/c1-9-6-7-16(8-13(9)18)12-5-3-4-11(15)14(12)10(2)17/h3-5,9-10,13,17-18H,6-8H2,1-2H3. The lowest BCUT2D eigenvalue weighted by molar-refractivity contribution is 0.102. The Hall–Kier alpha value is -1.13. The molecule has 0 aliphatic carbocycles. The monoisotopic (exact) mass is 253 g/mol. The Balaban J connectivity index is 2.31. The normalized spacial score (nSPS) is 26.2. The van der Waals surface area contributed by atoms with Crippen LogP contribution in [0.4, 0.5) is 10.1 Å². The second kappa shape index (κ2) is 5.24. The van der Waals surface area contributed by atoms with Gasteiger partial charge in [0.1, 0.15) is 5.82 Å². The zero-order valence-corrected chi connectivity index (χ0v) is 10.8. The number of hydrogen-bond acceptors (Lipinski definition) is 3. The SMILES string of the molecule is CC(O)c1c(F)cccc1N1CCC(C)C(O)C1. The number of β-amino-alcohol motifs (C(OH)–C–C–N with tert-alkyl or cyclic N) is 1. The third-order valence-corrected chi connectivity index (χ3v) is 3.71. The van der Waals surface area contributed by atoms with Gasteiger partial charge in [-0.3, -0.25) is 0 Å². The van der Waals surface area contributed by atoms with Gasteiger partial charge in [-0.15, -0.1) is 0 Å². The average Bonchev–Trinajstić information content (AvgIpc) is 2.32. The topological polar surface area (TPSA) is 43.7 Å². The molecule has 100 valence electrons. The highest BCUT2D eigenvalue weighted by atomic mass is 19.1. The summed E-state index contributed by atoms with van der Waals surface area (Å²) in [6.07, 6.45) is -0.377. The number of aliphatic hydroxyl groups excluding tert-OH is 2. The maximum atomic E-state index is 13.8. The molecular formula is C14H20FNO2. The third kappa shape index (κ3) is 2.49. The van der Waals surface area contributed by atoms with Crippen LogP contribution in [0.25, 0.3) is 0 Å². The molecule has 2 N–H and O–H groups in total. The van der Waals surface area contributed by atoms with Crippen molar-refractivity contribution in [2.24, 2.45) is 5.92 Å². The molecule has 2 rings (SSSR count). The molecule has 0 radical (unpaired) electrons. The maximum Gasteiger partial charge on any atom is 0.131 e. The molecule has 0 aromatic heterocycles. The van der Waals surface area contributed by atoms with Gasteiger partial charge in [0, 0.05) is 24.3 Å². The van der Waals surface area contributed by atoms with Crippen molar-refractivity contribution in [3.8, 4) is 0 Å². The van der Waals surface area contributed by atoms with Crippen molar-refractivity contribution in [1.29, 1.82) is 0 Å². The van der Waals surface area contributed by atoms with E-state index in [9.17, 15) is 14.6 Å². The van der Waals surface area contributed by atoms with Gasteiger partial charge in [-0.25, -0.2) is 4.39 Å². The van der Waals surface area contributed by atoms with Crippen molar-refractivity contribution >= 4 is 5.69 Å². The Morgan fingerprint density at radius 1 is 1.44 bits per heavy atom. The van der Waals surface area contributed by atoms with E-state index in [0.29, 0.717) is 17.8 Å². The first kappa shape index (κ1) is 13.3. The molecule has 3 atom stereocenters. The first-order valence-corrected chi connectivity index (χ1v) is 6.40. The number of nitrogens with zero attached hydrogens (tertiary/aromatic N) is 1. The summed E-state index contributed by atoms with van der Waals surface area (Å²) in [6, 6.07) is 4.79. The molecule has 1 aliphatic rings. The van der Waals surface area contributed by atoms with E-state index < -0.39 is 18.0 Å². The van der Waals surface area contributed by atoms with Crippen molar-refractivity contribution in [3.05, 3.63) is 29.6 Å². The zero-order chi connectivity index (χ0) is 13.3. The van der Waals surface area contributed by atoms with Crippen LogP contribution in [-0.4, -0.2) is 29.4 Å². The van der Waals surface area contributed by atoms with Gasteiger partial charge in [-0.2, -0.15) is 0 Å². The van der Waals surface area contributed by atoms with Gasteiger partial charge in [0.25, 0.3) is 0 Å². The molecule has 18 heavy (non-hydrogen) atoms. The molecule has 0 amide bonds. The molecule has 3 nitrogen and oxygen atoms in total. The number of hydrogen-bond donors (Lipinski definition) is 2. The van der Waals surface area contributed by atoms with E-state index in [1.165, 1.54) is 6.07 Å². The van der Waals surface area contributed by atoms with Gasteiger partial charge in [0.15, 0.2) is 0 Å². The number of piperidine rings is 1. The molecular weight excluding hydrogens is 233 g/mol. The fourth-order valence-electron chi connectivity index (χ4n) is 2.48. The van der Waals surface area contributed by atoms with Crippen LogP contribution in [0.2, 0.25) is 0 Å². The van der Waals surface area contributed by atoms with Gasteiger partial charge < -0.3 is 15.1 Å². The minimum atomic E-state index is -0.849. The summed E-state index contributed by atoms with van der Waals surface area (Å²) in [7, 11) is 0. The molecule has 0 spiro atoms. The van der Waals surface area contributed by atoms with Gasteiger partial charge >= 0.3 is 0 Å². The Morgan fingerprint density at radius 3 is 2.78 bits per heavy atom. The minimum absolute atomic E-state index is 0.268. The van der Waals surface area contributed by atoms with Gasteiger partial charge in [-0.1, -0.05) is 13.0 Å². The predicted molar refractivity (Wildman–Crippen MR) is 69.0 cm³/mol. The highest BCUT2D eigenvalue weighted by molar-refractivity contribution is 5.55. The van der Waals surface area contributed by atoms with E-state index in [1.54, 1.807) is 19.1 Å². The summed E-state index contributed by atoms with van der Waals surface area (Å²) in [5.41, 5.74) is 1.01. The second-order valence-corrected chi connectivity index (χ2v) is 5.13. The predicted octanol–water partition coefficient (Wildman–Crippen LogP) is 2.09. The lowest BCUT2D eigenvalue weighted by Crippen LogP contribution is -2.43. The van der Waals surface area contributed by atoms with Crippen molar-refractivity contribution < 1.29 is 14.6 Å². The average molecular weight is 253 g/mol. The van der Waals surface area contributed by atoms with Crippen LogP contribution in [0.3, 0.4) is 0 Å². The van der Waals surface area contributed by atoms with E-state index in [2.05, 4.69) is 0 Å². The highest BCUT2D eigenvalue weighted by Crippen LogP contribution is 2.31. The number of rotatable bonds is 2. The molecule has 0 saturated carbocycles. The molecule has 1 aliphatic heterocycles. The van der Waals surface area contributed by atoms with Crippen molar-refractivity contribution in [1.82, 2.24) is 0 Å². The number of aliphatic hydroxyl groups is 2. The molecule has 0 bridgehead atoms. The number of benzene rings is 1. The van der Waals surface area contributed by atoms with Crippen molar-refractivity contribution in [2.75, 3.05) is 18.0 Å². The highest BCUT2D eigenvalue weighted by Gasteiger charge is 2.27. The molecule has 4 heteroatoms. The van der Waals surface area contributed by atoms with E-state index in [0.717, 1.165) is 13.0 Å². The Morgan fingerprint density at radius 2 is 2.17 bits per heavy atom. The lowest BCUT2D eigenvalue weighted by atomic mass is 9.94.